The highest BCUT2D eigenvalue weighted by atomic mass is 16.5. The summed E-state index contributed by atoms with van der Waals surface area (Å²) in [4.78, 5) is 11.4. The van der Waals surface area contributed by atoms with Crippen LogP contribution in [0.1, 0.15) is 39.5 Å². The third kappa shape index (κ3) is 3.46. The fourth-order valence-corrected chi connectivity index (χ4v) is 2.17. The summed E-state index contributed by atoms with van der Waals surface area (Å²) >= 11 is 0. The van der Waals surface area contributed by atoms with Gasteiger partial charge in [0.1, 0.15) is 0 Å². The van der Waals surface area contributed by atoms with Crippen LogP contribution in [0.2, 0.25) is 0 Å². The minimum absolute atomic E-state index is 0.224. The van der Waals surface area contributed by atoms with Crippen LogP contribution >= 0.6 is 0 Å². The minimum Gasteiger partial charge on any atom is -0.469 e. The van der Waals surface area contributed by atoms with Gasteiger partial charge in [-0.2, -0.15) is 0 Å². The Labute approximate surface area is 97.4 Å². The van der Waals surface area contributed by atoms with Crippen molar-refractivity contribution in [1.82, 2.24) is 5.32 Å². The van der Waals surface area contributed by atoms with Crippen molar-refractivity contribution < 1.29 is 14.6 Å². The fraction of sp³-hybridized carbons (Fsp3) is 0.917. The van der Waals surface area contributed by atoms with Gasteiger partial charge in [0, 0.05) is 13.1 Å². The maximum Gasteiger partial charge on any atom is 0.312 e. The first-order chi connectivity index (χ1) is 7.40. The quantitative estimate of drug-likeness (QED) is 0.693. The number of hydrogen-bond acceptors (Lipinski definition) is 4. The fourth-order valence-electron chi connectivity index (χ4n) is 2.17. The Morgan fingerprint density at radius 1 is 1.44 bits per heavy atom. The van der Waals surface area contributed by atoms with E-state index < -0.39 is 11.0 Å². The van der Waals surface area contributed by atoms with E-state index in [9.17, 15) is 9.90 Å². The molecule has 0 aromatic heterocycles. The van der Waals surface area contributed by atoms with Crippen LogP contribution in [0.3, 0.4) is 0 Å². The molecule has 0 heterocycles. The lowest BCUT2D eigenvalue weighted by atomic mass is 9.93. The first-order valence-electron chi connectivity index (χ1n) is 5.91. The van der Waals surface area contributed by atoms with Gasteiger partial charge in [0.2, 0.25) is 0 Å². The van der Waals surface area contributed by atoms with Crippen LogP contribution in [0.25, 0.3) is 0 Å². The van der Waals surface area contributed by atoms with E-state index in [1.54, 1.807) is 0 Å². The van der Waals surface area contributed by atoms with Gasteiger partial charge in [-0.1, -0.05) is 12.8 Å². The van der Waals surface area contributed by atoms with Gasteiger partial charge >= 0.3 is 5.97 Å². The number of methoxy groups -OCH3 is 1. The monoisotopic (exact) mass is 229 g/mol. The lowest BCUT2D eigenvalue weighted by Crippen LogP contribution is -2.44. The van der Waals surface area contributed by atoms with Gasteiger partial charge in [-0.15, -0.1) is 0 Å². The number of esters is 1. The van der Waals surface area contributed by atoms with E-state index in [1.165, 1.54) is 7.11 Å². The lowest BCUT2D eigenvalue weighted by molar-refractivity contribution is -0.150. The van der Waals surface area contributed by atoms with Gasteiger partial charge in [-0.25, -0.2) is 0 Å². The van der Waals surface area contributed by atoms with Crippen molar-refractivity contribution in [2.45, 2.75) is 45.1 Å². The molecule has 0 bridgehead atoms. The highest BCUT2D eigenvalue weighted by Gasteiger charge is 2.33. The molecule has 0 saturated heterocycles. The molecule has 1 fully saturated rings. The van der Waals surface area contributed by atoms with Crippen LogP contribution in [0.5, 0.6) is 0 Å². The van der Waals surface area contributed by atoms with Crippen LogP contribution in [0.15, 0.2) is 0 Å². The molecule has 1 aliphatic rings. The first kappa shape index (κ1) is 13.5. The van der Waals surface area contributed by atoms with E-state index in [0.29, 0.717) is 13.1 Å². The number of ether oxygens (including phenoxy) is 1. The molecule has 0 amide bonds. The average molecular weight is 229 g/mol. The first-order valence-corrected chi connectivity index (χ1v) is 5.91. The van der Waals surface area contributed by atoms with E-state index >= 15 is 0 Å². The zero-order valence-electron chi connectivity index (χ0n) is 10.5. The normalized spacial score (nSPS) is 19.8. The maximum atomic E-state index is 11.4. The number of nitrogens with one attached hydrogen (secondary N) is 1. The molecule has 0 aromatic carbocycles. The number of hydrogen-bond donors (Lipinski definition) is 2. The van der Waals surface area contributed by atoms with E-state index in [-0.39, 0.29) is 5.97 Å². The second-order valence-electron chi connectivity index (χ2n) is 5.41. The van der Waals surface area contributed by atoms with E-state index in [1.807, 2.05) is 13.8 Å². The summed E-state index contributed by atoms with van der Waals surface area (Å²) in [6.07, 6.45) is 3.91. The van der Waals surface area contributed by atoms with Gasteiger partial charge in [0.05, 0.1) is 18.1 Å². The topological polar surface area (TPSA) is 58.6 Å². The number of rotatable bonds is 5. The molecule has 0 spiro atoms. The van der Waals surface area contributed by atoms with Crippen molar-refractivity contribution in [1.29, 1.82) is 0 Å². The molecule has 0 unspecified atom stereocenters. The molecule has 1 aliphatic carbocycles. The Bertz CT molecular complexity index is 245. The summed E-state index contributed by atoms with van der Waals surface area (Å²) in [5, 5.41) is 13.3. The average Bonchev–Trinajstić information content (AvgIpc) is 2.63. The molecule has 2 N–H and O–H groups in total. The zero-order chi connectivity index (χ0) is 12.2. The third-order valence-corrected chi connectivity index (χ3v) is 3.29. The molecule has 1 rings (SSSR count). The number of carbonyl (C=O) groups excluding carboxylic acids is 1. The smallest absolute Gasteiger partial charge is 0.312 e. The van der Waals surface area contributed by atoms with Crippen LogP contribution in [0, 0.1) is 5.41 Å². The largest absolute Gasteiger partial charge is 0.469 e. The molecule has 4 heteroatoms. The molecule has 4 nitrogen and oxygen atoms in total. The lowest BCUT2D eigenvalue weighted by Gasteiger charge is -2.26. The molecular weight excluding hydrogens is 206 g/mol. The standard InChI is InChI=1S/C12H23NO3/c1-11(2,10(14)16-3)8-13-9-12(15)6-4-5-7-12/h13,15H,4-9H2,1-3H3. The molecule has 0 aromatic rings. The molecule has 1 saturated carbocycles. The van der Waals surface area contributed by atoms with Crippen LogP contribution in [-0.4, -0.2) is 36.9 Å². The van der Waals surface area contributed by atoms with Crippen molar-refractivity contribution in [3.63, 3.8) is 0 Å². The summed E-state index contributed by atoms with van der Waals surface area (Å²) in [5.41, 5.74) is -1.10. The van der Waals surface area contributed by atoms with Gasteiger partial charge < -0.3 is 15.2 Å². The van der Waals surface area contributed by atoms with Crippen LogP contribution in [-0.2, 0) is 9.53 Å². The highest BCUT2D eigenvalue weighted by Crippen LogP contribution is 2.28. The number of aliphatic hydroxyl groups is 1. The minimum atomic E-state index is -0.563. The molecule has 16 heavy (non-hydrogen) atoms. The summed E-state index contributed by atoms with van der Waals surface area (Å²) in [6, 6.07) is 0. The van der Waals surface area contributed by atoms with Crippen LogP contribution < -0.4 is 5.32 Å². The highest BCUT2D eigenvalue weighted by molar-refractivity contribution is 5.76. The Hall–Kier alpha value is -0.610. The van der Waals surface area contributed by atoms with Gasteiger partial charge in [-0.05, 0) is 26.7 Å². The molecule has 94 valence electrons. The summed E-state index contributed by atoms with van der Waals surface area (Å²) in [7, 11) is 1.40. The van der Waals surface area contributed by atoms with Gasteiger partial charge in [0.25, 0.3) is 0 Å². The predicted octanol–water partition coefficient (Wildman–Crippen LogP) is 1.08. The van der Waals surface area contributed by atoms with E-state index in [2.05, 4.69) is 5.32 Å². The van der Waals surface area contributed by atoms with Crippen molar-refractivity contribution in [2.75, 3.05) is 20.2 Å². The summed E-state index contributed by atoms with van der Waals surface area (Å²) < 4.78 is 4.72. The van der Waals surface area contributed by atoms with E-state index in [0.717, 1.165) is 25.7 Å². The second-order valence-corrected chi connectivity index (χ2v) is 5.41. The Morgan fingerprint density at radius 3 is 2.50 bits per heavy atom. The van der Waals surface area contributed by atoms with Crippen LogP contribution in [0.4, 0.5) is 0 Å². The SMILES string of the molecule is COC(=O)C(C)(C)CNCC1(O)CCCC1. The van der Waals surface area contributed by atoms with Gasteiger partial charge in [0.15, 0.2) is 0 Å². The Balaban J connectivity index is 2.31. The van der Waals surface area contributed by atoms with Crippen molar-refractivity contribution in [2.24, 2.45) is 5.41 Å². The Morgan fingerprint density at radius 2 is 2.00 bits per heavy atom. The van der Waals surface area contributed by atoms with Crippen molar-refractivity contribution in [3.05, 3.63) is 0 Å². The van der Waals surface area contributed by atoms with E-state index in [4.69, 9.17) is 4.74 Å². The third-order valence-electron chi connectivity index (χ3n) is 3.29. The Kier molecular flexibility index (Phi) is 4.33. The van der Waals surface area contributed by atoms with Crippen molar-refractivity contribution >= 4 is 5.97 Å². The maximum absolute atomic E-state index is 11.4. The summed E-state index contributed by atoms with van der Waals surface area (Å²) in [5.74, 6) is -0.224. The molecule has 0 atom stereocenters. The molecule has 0 radical (unpaired) electrons. The second kappa shape index (κ2) is 5.15. The predicted molar refractivity (Wildman–Crippen MR) is 62.1 cm³/mol. The number of carbonyl (C=O) groups is 1. The van der Waals surface area contributed by atoms with Gasteiger partial charge in [-0.3, -0.25) is 4.79 Å². The zero-order valence-corrected chi connectivity index (χ0v) is 10.5. The van der Waals surface area contributed by atoms with Crippen molar-refractivity contribution in [3.8, 4) is 0 Å². The summed E-state index contributed by atoms with van der Waals surface area (Å²) in [6.45, 7) is 4.77. The molecular formula is C12H23NO3. The molecule has 0 aliphatic heterocycles.